The van der Waals surface area contributed by atoms with Crippen molar-refractivity contribution in [1.29, 1.82) is 0 Å². The normalized spacial score (nSPS) is 9.92. The van der Waals surface area contributed by atoms with Crippen LogP contribution in [0.4, 0.5) is 5.69 Å². The van der Waals surface area contributed by atoms with Gasteiger partial charge in [0.1, 0.15) is 5.75 Å². The van der Waals surface area contributed by atoms with Gasteiger partial charge in [-0.25, -0.2) is 4.79 Å². The Morgan fingerprint density at radius 2 is 1.79 bits per heavy atom. The maximum atomic E-state index is 12.3. The Morgan fingerprint density at radius 3 is 2.38 bits per heavy atom. The highest BCUT2D eigenvalue weighted by Gasteiger charge is 2.15. The van der Waals surface area contributed by atoms with Gasteiger partial charge >= 0.3 is 5.97 Å². The average molecular weight is 344 g/mol. The van der Waals surface area contributed by atoms with Crippen molar-refractivity contribution in [2.75, 3.05) is 12.4 Å². The van der Waals surface area contributed by atoms with E-state index in [4.69, 9.17) is 22.1 Å². The molecule has 2 aromatic rings. The summed E-state index contributed by atoms with van der Waals surface area (Å²) in [5.74, 6) is -0.914. The number of amides is 1. The predicted molar refractivity (Wildman–Crippen MR) is 94.8 cm³/mol. The molecule has 0 spiro atoms. The molecule has 0 radical (unpaired) electrons. The fourth-order valence-electron chi connectivity index (χ4n) is 2.13. The van der Waals surface area contributed by atoms with E-state index in [1.807, 2.05) is 13.0 Å². The van der Waals surface area contributed by atoms with Crippen LogP contribution in [0.1, 0.15) is 26.3 Å². The fraction of sp³-hybridized carbons (Fsp3) is 0.118. The SMILES string of the molecule is COc1c(C)cccc1C(=O)NC(=S)Nc1ccc(C(=O)O)cc1. The Balaban J connectivity index is 2.05. The molecule has 6 nitrogen and oxygen atoms in total. The van der Waals surface area contributed by atoms with Crippen LogP contribution in [0.2, 0.25) is 0 Å². The van der Waals surface area contributed by atoms with Crippen LogP contribution in [0.3, 0.4) is 0 Å². The first-order chi connectivity index (χ1) is 11.4. The quantitative estimate of drug-likeness (QED) is 0.739. The molecule has 7 heteroatoms. The molecule has 0 fully saturated rings. The number of aryl methyl sites for hydroxylation is 1. The summed E-state index contributed by atoms with van der Waals surface area (Å²) in [4.78, 5) is 23.1. The monoisotopic (exact) mass is 344 g/mol. The van der Waals surface area contributed by atoms with E-state index >= 15 is 0 Å². The minimum Gasteiger partial charge on any atom is -0.496 e. The predicted octanol–water partition coefficient (Wildman–Crippen LogP) is 2.83. The highest BCUT2D eigenvalue weighted by atomic mass is 32.1. The molecule has 0 bridgehead atoms. The number of hydrogen-bond donors (Lipinski definition) is 3. The second-order valence-corrected chi connectivity index (χ2v) is 5.35. The number of thiocarbonyl (C=S) groups is 1. The standard InChI is InChI=1S/C17H16N2O4S/c1-10-4-3-5-13(14(10)23-2)15(20)19-17(24)18-12-8-6-11(7-9-12)16(21)22/h3-9H,1-2H3,(H,21,22)(H2,18,19,20,24). The van der Waals surface area contributed by atoms with Crippen molar-refractivity contribution in [3.05, 3.63) is 59.2 Å². The van der Waals surface area contributed by atoms with Crippen molar-refractivity contribution < 1.29 is 19.4 Å². The van der Waals surface area contributed by atoms with E-state index in [2.05, 4.69) is 10.6 Å². The topological polar surface area (TPSA) is 87.7 Å². The number of nitrogens with one attached hydrogen (secondary N) is 2. The first kappa shape index (κ1) is 17.4. The molecule has 0 saturated heterocycles. The molecule has 2 aromatic carbocycles. The Labute approximate surface area is 144 Å². The van der Waals surface area contributed by atoms with Crippen molar-refractivity contribution in [2.45, 2.75) is 6.92 Å². The van der Waals surface area contributed by atoms with Gasteiger partial charge in [-0.3, -0.25) is 10.1 Å². The number of carboxylic acids is 1. The molecule has 1 amide bonds. The lowest BCUT2D eigenvalue weighted by Crippen LogP contribution is -2.34. The van der Waals surface area contributed by atoms with Gasteiger partial charge < -0.3 is 15.2 Å². The molecular weight excluding hydrogens is 328 g/mol. The summed E-state index contributed by atoms with van der Waals surface area (Å²) in [6, 6.07) is 11.3. The third-order valence-corrected chi connectivity index (χ3v) is 3.48. The zero-order valence-corrected chi connectivity index (χ0v) is 13.9. The number of benzene rings is 2. The van der Waals surface area contributed by atoms with Crippen LogP contribution in [0, 0.1) is 6.92 Å². The number of hydrogen-bond acceptors (Lipinski definition) is 4. The van der Waals surface area contributed by atoms with E-state index in [-0.39, 0.29) is 10.7 Å². The molecule has 0 saturated carbocycles. The van der Waals surface area contributed by atoms with E-state index in [1.54, 1.807) is 24.3 Å². The summed E-state index contributed by atoms with van der Waals surface area (Å²) in [6.45, 7) is 1.84. The van der Waals surface area contributed by atoms with Gasteiger partial charge in [0.2, 0.25) is 0 Å². The number of carbonyl (C=O) groups is 2. The molecule has 24 heavy (non-hydrogen) atoms. The number of methoxy groups -OCH3 is 1. The number of anilines is 1. The summed E-state index contributed by atoms with van der Waals surface area (Å²) in [5.41, 5.74) is 1.96. The van der Waals surface area contributed by atoms with Gasteiger partial charge in [-0.15, -0.1) is 0 Å². The minimum absolute atomic E-state index is 0.103. The van der Waals surface area contributed by atoms with Crippen molar-refractivity contribution in [3.8, 4) is 5.75 Å². The van der Waals surface area contributed by atoms with Crippen LogP contribution < -0.4 is 15.4 Å². The first-order valence-electron chi connectivity index (χ1n) is 7.01. The van der Waals surface area contributed by atoms with E-state index in [0.717, 1.165) is 5.56 Å². The molecule has 0 atom stereocenters. The van der Waals surface area contributed by atoms with Crippen LogP contribution in [0.5, 0.6) is 5.75 Å². The maximum absolute atomic E-state index is 12.3. The van der Waals surface area contributed by atoms with Gasteiger partial charge in [0, 0.05) is 5.69 Å². The van der Waals surface area contributed by atoms with Crippen LogP contribution >= 0.6 is 12.2 Å². The fourth-order valence-corrected chi connectivity index (χ4v) is 2.34. The molecule has 2 rings (SSSR count). The molecule has 0 aromatic heterocycles. The summed E-state index contributed by atoms with van der Waals surface area (Å²) in [6.07, 6.45) is 0. The van der Waals surface area contributed by atoms with Crippen LogP contribution in [-0.2, 0) is 0 Å². The number of carboxylic acid groups (broad SMARTS) is 1. The summed E-state index contributed by atoms with van der Waals surface area (Å²) in [7, 11) is 1.50. The molecule has 0 unspecified atom stereocenters. The van der Waals surface area contributed by atoms with Crippen LogP contribution in [0.25, 0.3) is 0 Å². The molecule has 0 aliphatic carbocycles. The highest BCUT2D eigenvalue weighted by Crippen LogP contribution is 2.22. The van der Waals surface area contributed by atoms with E-state index in [9.17, 15) is 9.59 Å². The lowest BCUT2D eigenvalue weighted by atomic mass is 10.1. The number of aromatic carboxylic acids is 1. The summed E-state index contributed by atoms with van der Waals surface area (Å²) >= 11 is 5.11. The lowest BCUT2D eigenvalue weighted by Gasteiger charge is -2.13. The smallest absolute Gasteiger partial charge is 0.335 e. The van der Waals surface area contributed by atoms with Gasteiger partial charge in [-0.2, -0.15) is 0 Å². The number of rotatable bonds is 4. The van der Waals surface area contributed by atoms with E-state index < -0.39 is 11.9 Å². The molecule has 0 aliphatic rings. The third-order valence-electron chi connectivity index (χ3n) is 3.28. The van der Waals surface area contributed by atoms with Crippen molar-refractivity contribution >= 4 is 34.9 Å². The van der Waals surface area contributed by atoms with Gasteiger partial charge in [0.05, 0.1) is 18.2 Å². The largest absolute Gasteiger partial charge is 0.496 e. The molecular formula is C17H16N2O4S. The number of para-hydroxylation sites is 1. The van der Waals surface area contributed by atoms with Gasteiger partial charge in [-0.1, -0.05) is 12.1 Å². The maximum Gasteiger partial charge on any atom is 0.335 e. The lowest BCUT2D eigenvalue weighted by molar-refractivity contribution is 0.0696. The Kier molecular flexibility index (Phi) is 5.49. The molecule has 0 heterocycles. The van der Waals surface area contributed by atoms with Crippen LogP contribution in [0.15, 0.2) is 42.5 Å². The molecule has 0 aliphatic heterocycles. The summed E-state index contributed by atoms with van der Waals surface area (Å²) < 4.78 is 5.25. The van der Waals surface area contributed by atoms with Crippen LogP contribution in [-0.4, -0.2) is 29.2 Å². The summed E-state index contributed by atoms with van der Waals surface area (Å²) in [5, 5.41) is 14.4. The zero-order valence-electron chi connectivity index (χ0n) is 13.1. The van der Waals surface area contributed by atoms with Crippen molar-refractivity contribution in [2.24, 2.45) is 0 Å². The second kappa shape index (κ2) is 7.56. The minimum atomic E-state index is -1.01. The second-order valence-electron chi connectivity index (χ2n) is 4.95. The zero-order chi connectivity index (χ0) is 17.7. The van der Waals surface area contributed by atoms with Gasteiger partial charge in [0.25, 0.3) is 5.91 Å². The van der Waals surface area contributed by atoms with Gasteiger partial charge in [-0.05, 0) is 55.0 Å². The number of carbonyl (C=O) groups excluding carboxylic acids is 1. The third kappa shape index (κ3) is 4.08. The Hall–Kier alpha value is -2.93. The molecule has 124 valence electrons. The number of ether oxygens (including phenoxy) is 1. The Morgan fingerprint density at radius 1 is 1.12 bits per heavy atom. The van der Waals surface area contributed by atoms with E-state index in [0.29, 0.717) is 17.0 Å². The van der Waals surface area contributed by atoms with E-state index in [1.165, 1.54) is 19.2 Å². The molecule has 3 N–H and O–H groups in total. The Bertz CT molecular complexity index is 788. The average Bonchev–Trinajstić information content (AvgIpc) is 2.54. The van der Waals surface area contributed by atoms with Gasteiger partial charge in [0.15, 0.2) is 5.11 Å². The van der Waals surface area contributed by atoms with Crippen molar-refractivity contribution in [1.82, 2.24) is 5.32 Å². The van der Waals surface area contributed by atoms with Crippen molar-refractivity contribution in [3.63, 3.8) is 0 Å². The first-order valence-corrected chi connectivity index (χ1v) is 7.42. The highest BCUT2D eigenvalue weighted by molar-refractivity contribution is 7.80.